The molecular formula is C14H15Cl2N3O. The molecule has 106 valence electrons. The minimum Gasteiger partial charge on any atom is -0.374 e. The Kier molecular flexibility index (Phi) is 5.59. The van der Waals surface area contributed by atoms with Gasteiger partial charge in [0.2, 0.25) is 0 Å². The number of hydrogen-bond acceptors (Lipinski definition) is 4. The third-order valence-electron chi connectivity index (χ3n) is 2.56. The normalized spacial score (nSPS) is 10.6. The summed E-state index contributed by atoms with van der Waals surface area (Å²) in [7, 11) is 0. The molecule has 0 saturated heterocycles. The number of nitrogens with one attached hydrogen (secondary N) is 1. The predicted molar refractivity (Wildman–Crippen MR) is 81.2 cm³/mol. The summed E-state index contributed by atoms with van der Waals surface area (Å²) in [6, 6.07) is 9.31. The van der Waals surface area contributed by atoms with Crippen molar-refractivity contribution in [2.45, 2.75) is 20.1 Å². The smallest absolute Gasteiger partial charge is 0.158 e. The molecule has 2 aromatic rings. The number of aromatic nitrogens is 2. The van der Waals surface area contributed by atoms with Crippen molar-refractivity contribution in [3.63, 3.8) is 0 Å². The summed E-state index contributed by atoms with van der Waals surface area (Å²) in [4.78, 5) is 8.46. The highest BCUT2D eigenvalue weighted by atomic mass is 35.5. The molecule has 2 rings (SSSR count). The third kappa shape index (κ3) is 4.63. The van der Waals surface area contributed by atoms with Crippen molar-refractivity contribution in [2.24, 2.45) is 0 Å². The molecule has 0 fully saturated rings. The first-order valence-corrected chi connectivity index (χ1v) is 7.02. The maximum Gasteiger partial charge on any atom is 0.158 e. The van der Waals surface area contributed by atoms with Crippen LogP contribution in [0.4, 0.5) is 5.82 Å². The number of halogens is 2. The van der Waals surface area contributed by atoms with E-state index in [0.29, 0.717) is 36.6 Å². The number of ether oxygens (including phenoxy) is 1. The summed E-state index contributed by atoms with van der Waals surface area (Å²) in [5.74, 6) is 1.24. The first-order valence-electron chi connectivity index (χ1n) is 6.27. The molecule has 6 heteroatoms. The molecule has 0 aliphatic rings. The molecule has 0 radical (unpaired) electrons. The molecule has 0 unspecified atom stereocenters. The van der Waals surface area contributed by atoms with Gasteiger partial charge in [0.1, 0.15) is 17.6 Å². The van der Waals surface area contributed by atoms with E-state index in [9.17, 15) is 0 Å². The lowest BCUT2D eigenvalue weighted by atomic mass is 10.2. The van der Waals surface area contributed by atoms with E-state index in [1.165, 1.54) is 0 Å². The van der Waals surface area contributed by atoms with E-state index < -0.39 is 0 Å². The van der Waals surface area contributed by atoms with Crippen molar-refractivity contribution in [1.29, 1.82) is 0 Å². The molecule has 1 aromatic carbocycles. The Morgan fingerprint density at radius 2 is 1.90 bits per heavy atom. The summed E-state index contributed by atoms with van der Waals surface area (Å²) >= 11 is 11.8. The fourth-order valence-electron chi connectivity index (χ4n) is 1.61. The first kappa shape index (κ1) is 15.0. The first-order chi connectivity index (χ1) is 9.67. The van der Waals surface area contributed by atoms with Gasteiger partial charge in [-0.2, -0.15) is 0 Å². The second kappa shape index (κ2) is 7.43. The average Bonchev–Trinajstić information content (AvgIpc) is 2.44. The van der Waals surface area contributed by atoms with Crippen molar-refractivity contribution in [1.82, 2.24) is 9.97 Å². The van der Waals surface area contributed by atoms with Gasteiger partial charge in [-0.25, -0.2) is 9.97 Å². The number of benzene rings is 1. The Hall–Kier alpha value is -1.36. The van der Waals surface area contributed by atoms with Crippen molar-refractivity contribution in [3.8, 4) is 0 Å². The van der Waals surface area contributed by atoms with Crippen LogP contribution in [-0.2, 0) is 17.9 Å². The van der Waals surface area contributed by atoms with E-state index in [1.807, 2.05) is 31.2 Å². The van der Waals surface area contributed by atoms with E-state index in [-0.39, 0.29) is 0 Å². The summed E-state index contributed by atoms with van der Waals surface area (Å²) in [5, 5.41) is 4.32. The molecule has 0 amide bonds. The molecule has 0 atom stereocenters. The fourth-order valence-corrected chi connectivity index (χ4v) is 1.93. The highest BCUT2D eigenvalue weighted by Crippen LogP contribution is 2.14. The van der Waals surface area contributed by atoms with Crippen molar-refractivity contribution >= 4 is 29.0 Å². The van der Waals surface area contributed by atoms with Crippen LogP contribution in [0.25, 0.3) is 0 Å². The van der Waals surface area contributed by atoms with Crippen LogP contribution >= 0.6 is 23.2 Å². The van der Waals surface area contributed by atoms with Gasteiger partial charge in [0, 0.05) is 24.2 Å². The second-order valence-corrected chi connectivity index (χ2v) is 4.93. The van der Waals surface area contributed by atoms with Gasteiger partial charge in [0.05, 0.1) is 0 Å². The van der Waals surface area contributed by atoms with Gasteiger partial charge < -0.3 is 10.1 Å². The molecule has 4 nitrogen and oxygen atoms in total. The molecule has 0 spiro atoms. The zero-order valence-electron chi connectivity index (χ0n) is 11.1. The van der Waals surface area contributed by atoms with E-state index in [0.717, 1.165) is 10.6 Å². The van der Waals surface area contributed by atoms with Gasteiger partial charge in [-0.3, -0.25) is 0 Å². The summed E-state index contributed by atoms with van der Waals surface area (Å²) in [5.41, 5.74) is 1.11. The van der Waals surface area contributed by atoms with Crippen LogP contribution in [0.1, 0.15) is 18.3 Å². The van der Waals surface area contributed by atoms with E-state index in [4.69, 9.17) is 27.9 Å². The Morgan fingerprint density at radius 1 is 1.15 bits per heavy atom. The van der Waals surface area contributed by atoms with Crippen molar-refractivity contribution in [2.75, 3.05) is 11.9 Å². The Balaban J connectivity index is 2.01. The number of nitrogens with zero attached hydrogens (tertiary/aromatic N) is 2. The van der Waals surface area contributed by atoms with Gasteiger partial charge in [-0.1, -0.05) is 35.3 Å². The van der Waals surface area contributed by atoms with E-state index in [1.54, 1.807) is 6.07 Å². The molecule has 0 saturated carbocycles. The largest absolute Gasteiger partial charge is 0.374 e. The van der Waals surface area contributed by atoms with Crippen molar-refractivity contribution in [3.05, 3.63) is 51.9 Å². The van der Waals surface area contributed by atoms with Crippen LogP contribution in [0.3, 0.4) is 0 Å². The minimum absolute atomic E-state index is 0.354. The van der Waals surface area contributed by atoms with Gasteiger partial charge in [0.25, 0.3) is 0 Å². The average molecular weight is 312 g/mol. The Labute approximate surface area is 128 Å². The molecule has 1 N–H and O–H groups in total. The topological polar surface area (TPSA) is 47.0 Å². The van der Waals surface area contributed by atoms with Crippen LogP contribution in [0.5, 0.6) is 0 Å². The lowest BCUT2D eigenvalue weighted by Gasteiger charge is -2.08. The van der Waals surface area contributed by atoms with Crippen LogP contribution < -0.4 is 5.32 Å². The van der Waals surface area contributed by atoms with Gasteiger partial charge in [-0.15, -0.1) is 0 Å². The Bertz CT molecular complexity index is 561. The van der Waals surface area contributed by atoms with Crippen LogP contribution in [-0.4, -0.2) is 16.6 Å². The zero-order chi connectivity index (χ0) is 14.4. The van der Waals surface area contributed by atoms with Crippen LogP contribution in [0.15, 0.2) is 30.3 Å². The van der Waals surface area contributed by atoms with Crippen LogP contribution in [0, 0.1) is 0 Å². The minimum atomic E-state index is 0.354. The second-order valence-electron chi connectivity index (χ2n) is 4.11. The van der Waals surface area contributed by atoms with Crippen molar-refractivity contribution < 1.29 is 4.74 Å². The molecule has 20 heavy (non-hydrogen) atoms. The maximum absolute atomic E-state index is 5.97. The van der Waals surface area contributed by atoms with Gasteiger partial charge >= 0.3 is 0 Å². The van der Waals surface area contributed by atoms with E-state index in [2.05, 4.69) is 15.3 Å². The molecule has 0 aliphatic carbocycles. The summed E-state index contributed by atoms with van der Waals surface area (Å²) < 4.78 is 5.28. The Morgan fingerprint density at radius 3 is 2.60 bits per heavy atom. The quantitative estimate of drug-likeness (QED) is 0.821. The van der Waals surface area contributed by atoms with E-state index >= 15 is 0 Å². The predicted octanol–water partition coefficient (Wildman–Crippen LogP) is 3.93. The highest BCUT2D eigenvalue weighted by Gasteiger charge is 2.03. The third-order valence-corrected chi connectivity index (χ3v) is 3.01. The SMILES string of the molecule is CCOCc1nc(Cl)cc(NCc2ccc(Cl)cc2)n1. The zero-order valence-corrected chi connectivity index (χ0v) is 12.6. The van der Waals surface area contributed by atoms with Crippen LogP contribution in [0.2, 0.25) is 10.2 Å². The number of hydrogen-bond donors (Lipinski definition) is 1. The summed E-state index contributed by atoms with van der Waals surface area (Å²) in [6.45, 7) is 3.53. The maximum atomic E-state index is 5.97. The van der Waals surface area contributed by atoms with Gasteiger partial charge in [0.15, 0.2) is 5.82 Å². The molecule has 0 bridgehead atoms. The monoisotopic (exact) mass is 311 g/mol. The lowest BCUT2D eigenvalue weighted by molar-refractivity contribution is 0.128. The number of anilines is 1. The number of rotatable bonds is 6. The standard InChI is InChI=1S/C14H15Cl2N3O/c1-2-20-9-14-18-12(16)7-13(19-14)17-8-10-3-5-11(15)6-4-10/h3-7H,2,8-9H2,1H3,(H,17,18,19). The fraction of sp³-hybridized carbons (Fsp3) is 0.286. The molecule has 1 heterocycles. The molecule has 1 aromatic heterocycles. The summed E-state index contributed by atoms with van der Waals surface area (Å²) in [6.07, 6.45) is 0. The molecular weight excluding hydrogens is 297 g/mol. The van der Waals surface area contributed by atoms with Gasteiger partial charge in [-0.05, 0) is 24.6 Å². The molecule has 0 aliphatic heterocycles. The lowest BCUT2D eigenvalue weighted by Crippen LogP contribution is -2.06. The highest BCUT2D eigenvalue weighted by molar-refractivity contribution is 6.30.